The molecule has 0 saturated carbocycles. The number of benzene rings is 2. The summed E-state index contributed by atoms with van der Waals surface area (Å²) in [5.41, 5.74) is 0.909. The van der Waals surface area contributed by atoms with E-state index in [-0.39, 0.29) is 24.5 Å². The normalized spacial score (nSPS) is 16.9. The number of ether oxygens (including phenoxy) is 3. The van der Waals surface area contributed by atoms with E-state index in [1.807, 2.05) is 0 Å². The van der Waals surface area contributed by atoms with Gasteiger partial charge in [-0.05, 0) is 54.1 Å². The van der Waals surface area contributed by atoms with E-state index in [1.165, 1.54) is 25.4 Å². The second-order valence-corrected chi connectivity index (χ2v) is 7.74. The van der Waals surface area contributed by atoms with Gasteiger partial charge in [0.15, 0.2) is 11.5 Å². The molecule has 1 atom stereocenters. The highest BCUT2D eigenvalue weighted by molar-refractivity contribution is 6.46. The summed E-state index contributed by atoms with van der Waals surface area (Å²) in [6, 6.07) is 14.2. The molecular formula is C27H25NO7. The number of hydrogen-bond donors (Lipinski definition) is 1. The minimum Gasteiger partial charge on any atom is -0.507 e. The van der Waals surface area contributed by atoms with Crippen LogP contribution in [0.2, 0.25) is 0 Å². The highest BCUT2D eigenvalue weighted by Gasteiger charge is 2.46. The molecule has 0 aliphatic carbocycles. The van der Waals surface area contributed by atoms with Gasteiger partial charge < -0.3 is 28.6 Å². The molecule has 0 spiro atoms. The summed E-state index contributed by atoms with van der Waals surface area (Å²) in [4.78, 5) is 27.7. The molecule has 2 heterocycles. The van der Waals surface area contributed by atoms with Gasteiger partial charge in [-0.3, -0.25) is 9.59 Å². The maximum Gasteiger partial charge on any atom is 0.296 e. The number of ketones is 1. The highest BCUT2D eigenvalue weighted by Crippen LogP contribution is 2.42. The lowest BCUT2D eigenvalue weighted by Gasteiger charge is -2.25. The number of rotatable bonds is 9. The predicted molar refractivity (Wildman–Crippen MR) is 128 cm³/mol. The number of carbonyl (C=O) groups excluding carboxylic acids is 2. The van der Waals surface area contributed by atoms with Crippen molar-refractivity contribution in [3.05, 3.63) is 96.0 Å². The lowest BCUT2D eigenvalue weighted by molar-refractivity contribution is -0.140. The zero-order valence-electron chi connectivity index (χ0n) is 19.4. The first-order chi connectivity index (χ1) is 17.0. The van der Waals surface area contributed by atoms with Crippen LogP contribution in [0.5, 0.6) is 17.2 Å². The van der Waals surface area contributed by atoms with E-state index in [9.17, 15) is 14.7 Å². The van der Waals surface area contributed by atoms with E-state index in [4.69, 9.17) is 18.6 Å². The van der Waals surface area contributed by atoms with Crippen molar-refractivity contribution in [2.45, 2.75) is 12.6 Å². The second-order valence-electron chi connectivity index (χ2n) is 7.74. The van der Waals surface area contributed by atoms with Crippen LogP contribution in [-0.2, 0) is 16.1 Å². The van der Waals surface area contributed by atoms with Gasteiger partial charge in [0.05, 0.1) is 38.6 Å². The van der Waals surface area contributed by atoms with Gasteiger partial charge in [0.1, 0.15) is 23.9 Å². The molecule has 2 aromatic carbocycles. The number of likely N-dealkylation sites (tertiary alicyclic amines) is 1. The van der Waals surface area contributed by atoms with Crippen molar-refractivity contribution in [1.29, 1.82) is 0 Å². The molecule has 8 nitrogen and oxygen atoms in total. The van der Waals surface area contributed by atoms with Gasteiger partial charge in [-0.25, -0.2) is 0 Å². The molecule has 8 heteroatoms. The van der Waals surface area contributed by atoms with Crippen LogP contribution in [0.4, 0.5) is 0 Å². The van der Waals surface area contributed by atoms with Crippen LogP contribution in [-0.4, -0.2) is 42.5 Å². The molecule has 4 rings (SSSR count). The van der Waals surface area contributed by atoms with Gasteiger partial charge in [0, 0.05) is 5.56 Å². The maximum atomic E-state index is 13.2. The second kappa shape index (κ2) is 10.2. The fourth-order valence-electron chi connectivity index (χ4n) is 3.99. The highest BCUT2D eigenvalue weighted by atomic mass is 16.5. The molecule has 3 aromatic rings. The lowest BCUT2D eigenvalue weighted by atomic mass is 9.95. The fraction of sp³-hybridized carbons (Fsp3) is 0.185. The summed E-state index contributed by atoms with van der Waals surface area (Å²) in [6.07, 6.45) is 3.10. The maximum absolute atomic E-state index is 13.2. The number of furan rings is 1. The molecule has 1 aromatic heterocycles. The molecule has 1 saturated heterocycles. The predicted octanol–water partition coefficient (Wildman–Crippen LogP) is 4.48. The first kappa shape index (κ1) is 23.7. The van der Waals surface area contributed by atoms with Crippen molar-refractivity contribution >= 4 is 17.4 Å². The summed E-state index contributed by atoms with van der Waals surface area (Å²) in [5.74, 6) is 0.166. The largest absolute Gasteiger partial charge is 0.507 e. The van der Waals surface area contributed by atoms with E-state index < -0.39 is 17.7 Å². The Kier molecular flexibility index (Phi) is 6.91. The first-order valence-corrected chi connectivity index (χ1v) is 10.8. The van der Waals surface area contributed by atoms with Gasteiger partial charge in [0.2, 0.25) is 0 Å². The van der Waals surface area contributed by atoms with Crippen LogP contribution in [0.3, 0.4) is 0 Å². The van der Waals surface area contributed by atoms with Crippen LogP contribution in [0, 0.1) is 0 Å². The van der Waals surface area contributed by atoms with Crippen LogP contribution in [0.25, 0.3) is 5.76 Å². The Balaban J connectivity index is 1.85. The molecule has 1 aliphatic heterocycles. The molecule has 1 fully saturated rings. The zero-order chi connectivity index (χ0) is 24.9. The smallest absolute Gasteiger partial charge is 0.296 e. The van der Waals surface area contributed by atoms with E-state index >= 15 is 0 Å². The average Bonchev–Trinajstić information content (AvgIpc) is 3.49. The van der Waals surface area contributed by atoms with Crippen LogP contribution < -0.4 is 14.2 Å². The number of amides is 1. The zero-order valence-corrected chi connectivity index (χ0v) is 19.4. The number of methoxy groups -OCH3 is 2. The van der Waals surface area contributed by atoms with Gasteiger partial charge >= 0.3 is 0 Å². The molecule has 180 valence electrons. The Hall–Kier alpha value is -4.46. The van der Waals surface area contributed by atoms with Gasteiger partial charge in [0.25, 0.3) is 11.7 Å². The Morgan fingerprint density at radius 2 is 1.86 bits per heavy atom. The third-order valence-electron chi connectivity index (χ3n) is 5.67. The van der Waals surface area contributed by atoms with Crippen molar-refractivity contribution in [2.24, 2.45) is 0 Å². The van der Waals surface area contributed by atoms with Crippen molar-refractivity contribution in [3.63, 3.8) is 0 Å². The number of hydrogen-bond acceptors (Lipinski definition) is 7. The third-order valence-corrected chi connectivity index (χ3v) is 5.67. The van der Waals surface area contributed by atoms with Crippen molar-refractivity contribution < 1.29 is 33.3 Å². The summed E-state index contributed by atoms with van der Waals surface area (Å²) in [6.45, 7) is 3.97. The third kappa shape index (κ3) is 4.63. The Morgan fingerprint density at radius 3 is 2.49 bits per heavy atom. The minimum absolute atomic E-state index is 0.0338. The Bertz CT molecular complexity index is 1260. The lowest BCUT2D eigenvalue weighted by Crippen LogP contribution is -2.29. The molecule has 0 bridgehead atoms. The van der Waals surface area contributed by atoms with Crippen LogP contribution in [0.15, 0.2) is 83.5 Å². The fourth-order valence-corrected chi connectivity index (χ4v) is 3.99. The number of carbonyl (C=O) groups is 2. The Morgan fingerprint density at radius 1 is 1.09 bits per heavy atom. The van der Waals surface area contributed by atoms with Crippen molar-refractivity contribution in [1.82, 2.24) is 4.90 Å². The minimum atomic E-state index is -0.885. The number of aliphatic hydroxyl groups excluding tert-OH is 1. The first-order valence-electron chi connectivity index (χ1n) is 10.8. The summed E-state index contributed by atoms with van der Waals surface area (Å²) >= 11 is 0. The number of Topliss-reactive ketones (excluding diaryl/α,β-unsaturated/α-hetero) is 1. The number of aliphatic hydroxyl groups is 1. The van der Waals surface area contributed by atoms with Gasteiger partial charge in [-0.1, -0.05) is 18.7 Å². The van der Waals surface area contributed by atoms with Crippen LogP contribution in [0.1, 0.15) is 22.9 Å². The monoisotopic (exact) mass is 475 g/mol. The Labute approximate surface area is 202 Å². The topological polar surface area (TPSA) is 98.4 Å². The van der Waals surface area contributed by atoms with Crippen molar-refractivity contribution in [2.75, 3.05) is 20.8 Å². The molecule has 35 heavy (non-hydrogen) atoms. The molecule has 1 aliphatic rings. The number of nitrogens with zero attached hydrogens (tertiary/aromatic N) is 1. The molecule has 1 unspecified atom stereocenters. The summed E-state index contributed by atoms with van der Waals surface area (Å²) in [7, 11) is 3.03. The van der Waals surface area contributed by atoms with E-state index in [2.05, 4.69) is 6.58 Å². The molecular weight excluding hydrogens is 450 g/mol. The summed E-state index contributed by atoms with van der Waals surface area (Å²) < 4.78 is 21.7. The van der Waals surface area contributed by atoms with Gasteiger partial charge in [-0.2, -0.15) is 0 Å². The molecule has 1 N–H and O–H groups in total. The van der Waals surface area contributed by atoms with E-state index in [0.717, 1.165) is 0 Å². The standard InChI is InChI=1S/C27H25NO7/c1-4-13-35-21-12-9-18(15-22(21)33-3)24-23(25(29)17-7-10-19(32-2)11-8-17)26(30)27(31)28(24)16-20-6-5-14-34-20/h4-12,14-15,24,29H,1,13,16H2,2-3H3/b25-23+. The molecule has 0 radical (unpaired) electrons. The van der Waals surface area contributed by atoms with E-state index in [1.54, 1.807) is 60.7 Å². The van der Waals surface area contributed by atoms with Gasteiger partial charge in [-0.15, -0.1) is 0 Å². The SMILES string of the molecule is C=CCOc1ccc(C2/C(=C(\O)c3ccc(OC)cc3)C(=O)C(=O)N2Cc2ccco2)cc1OC. The summed E-state index contributed by atoms with van der Waals surface area (Å²) in [5, 5.41) is 11.2. The average molecular weight is 475 g/mol. The molecule has 1 amide bonds. The van der Waals surface area contributed by atoms with E-state index in [0.29, 0.717) is 34.1 Å². The quantitative estimate of drug-likeness (QED) is 0.211. The van der Waals surface area contributed by atoms with Crippen molar-refractivity contribution in [3.8, 4) is 17.2 Å². The van der Waals surface area contributed by atoms with Crippen LogP contribution >= 0.6 is 0 Å².